The summed E-state index contributed by atoms with van der Waals surface area (Å²) in [5, 5.41) is 5.38. The second-order valence-electron chi connectivity index (χ2n) is 10.1. The fourth-order valence-corrected chi connectivity index (χ4v) is 6.22. The van der Waals surface area contributed by atoms with Crippen LogP contribution in [-0.4, -0.2) is 76.3 Å². The molecule has 0 amide bonds. The Bertz CT molecular complexity index is 663. The van der Waals surface area contributed by atoms with Crippen molar-refractivity contribution in [2.45, 2.75) is 77.3 Å². The average Bonchev–Trinajstić information content (AvgIpc) is 3.38. The van der Waals surface area contributed by atoms with E-state index in [2.05, 4.69) is 26.7 Å². The first-order chi connectivity index (χ1) is 14.6. The Balaban J connectivity index is 1.39. The Morgan fingerprint density at radius 3 is 2.47 bits per heavy atom. The van der Waals surface area contributed by atoms with E-state index in [0.717, 1.165) is 35.9 Å². The monoisotopic (exact) mass is 435 g/mol. The van der Waals surface area contributed by atoms with Gasteiger partial charge >= 0.3 is 0 Å². The minimum absolute atomic E-state index is 0.788. The molecule has 1 atom stereocenters. The number of nitrogens with zero attached hydrogens (tertiary/aromatic N) is 5. The van der Waals surface area contributed by atoms with Gasteiger partial charge in [0.05, 0.1) is 5.69 Å². The van der Waals surface area contributed by atoms with Crippen molar-refractivity contribution < 1.29 is 0 Å². The van der Waals surface area contributed by atoms with Crippen molar-refractivity contribution in [3.63, 3.8) is 0 Å². The van der Waals surface area contributed by atoms with E-state index < -0.39 is 0 Å². The van der Waals surface area contributed by atoms with Gasteiger partial charge in [-0.3, -0.25) is 9.58 Å². The van der Waals surface area contributed by atoms with Gasteiger partial charge in [0.25, 0.3) is 0 Å². The summed E-state index contributed by atoms with van der Waals surface area (Å²) < 4.78 is 1.83. The maximum Gasteiger partial charge on any atom is 0.131 e. The number of aromatic nitrogens is 2. The summed E-state index contributed by atoms with van der Waals surface area (Å²) in [7, 11) is 1.96. The molecule has 1 aromatic rings. The minimum Gasteiger partial charge on any atom is -0.302 e. The highest BCUT2D eigenvalue weighted by Crippen LogP contribution is 2.29. The van der Waals surface area contributed by atoms with Gasteiger partial charge in [-0.25, -0.2) is 0 Å². The molecule has 5 nitrogen and oxygen atoms in total. The van der Waals surface area contributed by atoms with Crippen LogP contribution in [0.25, 0.3) is 0 Å². The molecule has 3 heterocycles. The first-order valence-corrected chi connectivity index (χ1v) is 12.8. The number of hydrogen-bond acceptors (Lipinski definition) is 4. The van der Waals surface area contributed by atoms with E-state index in [4.69, 9.17) is 11.6 Å². The molecule has 1 aliphatic carbocycles. The summed E-state index contributed by atoms with van der Waals surface area (Å²) in [6, 6.07) is 0.865. The van der Waals surface area contributed by atoms with Gasteiger partial charge in [0.15, 0.2) is 0 Å². The largest absolute Gasteiger partial charge is 0.302 e. The summed E-state index contributed by atoms with van der Waals surface area (Å²) in [6.07, 6.45) is 12.6. The Hall–Kier alpha value is -0.620. The molecule has 1 aromatic heterocycles. The summed E-state index contributed by atoms with van der Waals surface area (Å²) in [6.45, 7) is 11.7. The van der Waals surface area contributed by atoms with Crippen molar-refractivity contribution in [3.05, 3.63) is 16.4 Å². The smallest absolute Gasteiger partial charge is 0.131 e. The van der Waals surface area contributed by atoms with E-state index in [1.807, 2.05) is 11.7 Å². The van der Waals surface area contributed by atoms with E-state index in [-0.39, 0.29) is 0 Å². The number of piperidine rings is 2. The van der Waals surface area contributed by atoms with Crippen LogP contribution in [-0.2, 0) is 13.6 Å². The zero-order valence-corrected chi connectivity index (χ0v) is 20.0. The minimum atomic E-state index is 0.788. The molecule has 2 saturated heterocycles. The van der Waals surface area contributed by atoms with Crippen LogP contribution in [0.4, 0.5) is 0 Å². The summed E-state index contributed by atoms with van der Waals surface area (Å²) >= 11 is 6.61. The van der Waals surface area contributed by atoms with Crippen molar-refractivity contribution in [1.29, 1.82) is 0 Å². The highest BCUT2D eigenvalue weighted by Gasteiger charge is 2.29. The van der Waals surface area contributed by atoms with E-state index in [1.165, 1.54) is 103 Å². The van der Waals surface area contributed by atoms with Crippen LogP contribution in [0.15, 0.2) is 0 Å². The lowest BCUT2D eigenvalue weighted by Gasteiger charge is -2.39. The van der Waals surface area contributed by atoms with Gasteiger partial charge in [0.2, 0.25) is 0 Å². The lowest BCUT2D eigenvalue weighted by atomic mass is 9.95. The Kier molecular flexibility index (Phi) is 8.13. The topological polar surface area (TPSA) is 27.5 Å². The maximum atomic E-state index is 6.61. The molecule has 0 aromatic carbocycles. The van der Waals surface area contributed by atoms with Crippen LogP contribution >= 0.6 is 11.6 Å². The maximum absolute atomic E-state index is 6.61. The first-order valence-electron chi connectivity index (χ1n) is 12.5. The van der Waals surface area contributed by atoms with Crippen LogP contribution in [0.5, 0.6) is 0 Å². The highest BCUT2D eigenvalue weighted by atomic mass is 35.5. The van der Waals surface area contributed by atoms with Crippen LogP contribution in [0.1, 0.15) is 69.0 Å². The fraction of sp³-hybridized carbons (Fsp3) is 0.875. The standard InChI is InChI=1S/C24H42ClN5/c1-20-23(24(25)27(2)26-20)19-29(16-15-28-12-6-3-7-13-28)17-21-9-8-14-30(18-21)22-10-4-5-11-22/h21-22H,3-19H2,1-2H3. The number of rotatable bonds is 8. The van der Waals surface area contributed by atoms with E-state index in [1.54, 1.807) is 0 Å². The van der Waals surface area contributed by atoms with Gasteiger partial charge in [-0.15, -0.1) is 0 Å². The molecule has 4 rings (SSSR count). The molecular formula is C24H42ClN5. The average molecular weight is 436 g/mol. The number of likely N-dealkylation sites (tertiary alicyclic amines) is 2. The molecular weight excluding hydrogens is 394 g/mol. The normalized spacial score (nSPS) is 24.9. The lowest BCUT2D eigenvalue weighted by molar-refractivity contribution is 0.0912. The predicted octanol–water partition coefficient (Wildman–Crippen LogP) is 4.32. The number of hydrogen-bond donors (Lipinski definition) is 0. The van der Waals surface area contributed by atoms with Crippen LogP contribution in [0.2, 0.25) is 5.15 Å². The fourth-order valence-electron chi connectivity index (χ4n) is 5.99. The SMILES string of the molecule is Cc1nn(C)c(Cl)c1CN(CCN1CCCCC1)CC1CCCN(C2CCCC2)C1. The van der Waals surface area contributed by atoms with E-state index >= 15 is 0 Å². The second-order valence-corrected chi connectivity index (χ2v) is 10.4. The van der Waals surface area contributed by atoms with E-state index in [0.29, 0.717) is 0 Å². The summed E-state index contributed by atoms with van der Waals surface area (Å²) in [5.41, 5.74) is 2.31. The van der Waals surface area contributed by atoms with Gasteiger partial charge in [0, 0.05) is 51.4 Å². The van der Waals surface area contributed by atoms with Crippen molar-refractivity contribution in [1.82, 2.24) is 24.5 Å². The molecule has 30 heavy (non-hydrogen) atoms. The predicted molar refractivity (Wildman–Crippen MR) is 125 cm³/mol. The Morgan fingerprint density at radius 2 is 1.77 bits per heavy atom. The lowest BCUT2D eigenvalue weighted by Crippen LogP contribution is -2.46. The Labute approximate surface area is 188 Å². The first kappa shape index (κ1) is 22.6. The molecule has 0 bridgehead atoms. The van der Waals surface area contributed by atoms with Crippen molar-refractivity contribution in [2.75, 3.05) is 45.8 Å². The van der Waals surface area contributed by atoms with Gasteiger partial charge in [-0.1, -0.05) is 30.9 Å². The molecule has 0 radical (unpaired) electrons. The van der Waals surface area contributed by atoms with Crippen LogP contribution in [0, 0.1) is 12.8 Å². The number of halogens is 1. The van der Waals surface area contributed by atoms with Crippen molar-refractivity contribution in [2.24, 2.45) is 13.0 Å². The van der Waals surface area contributed by atoms with Gasteiger partial charge < -0.3 is 9.80 Å². The van der Waals surface area contributed by atoms with Crippen molar-refractivity contribution in [3.8, 4) is 0 Å². The summed E-state index contributed by atoms with van der Waals surface area (Å²) in [5.74, 6) is 0.788. The third kappa shape index (κ3) is 5.79. The zero-order valence-electron chi connectivity index (χ0n) is 19.3. The molecule has 3 aliphatic rings. The molecule has 1 saturated carbocycles. The zero-order chi connectivity index (χ0) is 20.9. The highest BCUT2D eigenvalue weighted by molar-refractivity contribution is 6.30. The van der Waals surface area contributed by atoms with Crippen LogP contribution < -0.4 is 0 Å². The molecule has 0 N–H and O–H groups in total. The van der Waals surface area contributed by atoms with Gasteiger partial charge in [-0.05, 0) is 71.0 Å². The van der Waals surface area contributed by atoms with Crippen molar-refractivity contribution >= 4 is 11.6 Å². The Morgan fingerprint density at radius 1 is 1.00 bits per heavy atom. The second kappa shape index (κ2) is 10.8. The quantitative estimate of drug-likeness (QED) is 0.607. The molecule has 1 unspecified atom stereocenters. The van der Waals surface area contributed by atoms with Gasteiger partial charge in [0.1, 0.15) is 5.15 Å². The molecule has 170 valence electrons. The third-order valence-corrected chi connectivity index (χ3v) is 8.21. The summed E-state index contributed by atoms with van der Waals surface area (Å²) in [4.78, 5) is 8.18. The molecule has 2 aliphatic heterocycles. The molecule has 6 heteroatoms. The third-order valence-electron chi connectivity index (χ3n) is 7.74. The molecule has 3 fully saturated rings. The van der Waals surface area contributed by atoms with E-state index in [9.17, 15) is 0 Å². The number of aryl methyl sites for hydroxylation is 2. The van der Waals surface area contributed by atoms with Crippen LogP contribution in [0.3, 0.4) is 0 Å². The van der Waals surface area contributed by atoms with Gasteiger partial charge in [-0.2, -0.15) is 5.10 Å². The molecule has 0 spiro atoms.